The van der Waals surface area contributed by atoms with E-state index in [2.05, 4.69) is 26.9 Å². The summed E-state index contributed by atoms with van der Waals surface area (Å²) < 4.78 is 5.22. The highest BCUT2D eigenvalue weighted by atomic mass is 16.5. The third-order valence-corrected chi connectivity index (χ3v) is 5.68. The lowest BCUT2D eigenvalue weighted by Crippen LogP contribution is -2.48. The zero-order valence-corrected chi connectivity index (χ0v) is 16.5. The molecular weight excluding hydrogens is 352 g/mol. The lowest BCUT2D eigenvalue weighted by molar-refractivity contribution is 0.0746. The third-order valence-electron chi connectivity index (χ3n) is 5.68. The summed E-state index contributed by atoms with van der Waals surface area (Å²) in [6.45, 7) is 5.23. The lowest BCUT2D eigenvalue weighted by Gasteiger charge is -2.36. The van der Waals surface area contributed by atoms with Gasteiger partial charge in [-0.1, -0.05) is 0 Å². The molecule has 4 rings (SSSR count). The van der Waals surface area contributed by atoms with Crippen molar-refractivity contribution in [2.45, 2.75) is 19.3 Å². The summed E-state index contributed by atoms with van der Waals surface area (Å²) >= 11 is 0. The van der Waals surface area contributed by atoms with Crippen molar-refractivity contribution in [2.24, 2.45) is 0 Å². The van der Waals surface area contributed by atoms with Gasteiger partial charge in [-0.3, -0.25) is 4.79 Å². The van der Waals surface area contributed by atoms with Gasteiger partial charge >= 0.3 is 0 Å². The summed E-state index contributed by atoms with van der Waals surface area (Å²) in [5.74, 6) is 1.92. The molecule has 0 radical (unpaired) electrons. The first kappa shape index (κ1) is 18.6. The van der Waals surface area contributed by atoms with E-state index in [4.69, 9.17) is 4.74 Å². The van der Waals surface area contributed by atoms with Crippen molar-refractivity contribution in [2.75, 3.05) is 56.2 Å². The van der Waals surface area contributed by atoms with Gasteiger partial charge in [0.25, 0.3) is 5.91 Å². The van der Waals surface area contributed by atoms with E-state index >= 15 is 0 Å². The second-order valence-corrected chi connectivity index (χ2v) is 7.43. The van der Waals surface area contributed by atoms with Crippen molar-refractivity contribution in [3.8, 4) is 5.75 Å². The number of hydrogen-bond acceptors (Lipinski definition) is 5. The van der Waals surface area contributed by atoms with Crippen LogP contribution in [0.3, 0.4) is 0 Å². The summed E-state index contributed by atoms with van der Waals surface area (Å²) in [5.41, 5.74) is 1.85. The van der Waals surface area contributed by atoms with Crippen LogP contribution in [0.25, 0.3) is 0 Å². The molecule has 6 nitrogen and oxygen atoms in total. The number of piperidine rings is 1. The van der Waals surface area contributed by atoms with Crippen LogP contribution in [0.4, 0.5) is 11.5 Å². The number of methoxy groups -OCH3 is 1. The van der Waals surface area contributed by atoms with E-state index in [-0.39, 0.29) is 5.91 Å². The van der Waals surface area contributed by atoms with Crippen molar-refractivity contribution in [3.63, 3.8) is 0 Å². The number of hydrogen-bond donors (Lipinski definition) is 0. The SMILES string of the molecule is COc1ccc(N2CCN(C(=O)c3ccc(N4CCCCC4)nc3)CC2)cc1. The minimum atomic E-state index is 0.0760. The number of nitrogens with zero attached hydrogens (tertiary/aromatic N) is 4. The smallest absolute Gasteiger partial charge is 0.255 e. The molecule has 0 unspecified atom stereocenters. The molecule has 0 atom stereocenters. The fraction of sp³-hybridized carbons (Fsp3) is 0.455. The van der Waals surface area contributed by atoms with Crippen molar-refractivity contribution < 1.29 is 9.53 Å². The maximum atomic E-state index is 12.9. The molecule has 3 heterocycles. The molecule has 148 valence electrons. The van der Waals surface area contributed by atoms with Gasteiger partial charge in [0.2, 0.25) is 0 Å². The zero-order valence-electron chi connectivity index (χ0n) is 16.5. The average molecular weight is 380 g/mol. The highest BCUT2D eigenvalue weighted by Gasteiger charge is 2.23. The first-order valence-electron chi connectivity index (χ1n) is 10.1. The van der Waals surface area contributed by atoms with Gasteiger partial charge in [0.1, 0.15) is 11.6 Å². The highest BCUT2D eigenvalue weighted by molar-refractivity contribution is 5.94. The second kappa shape index (κ2) is 8.50. The maximum Gasteiger partial charge on any atom is 0.255 e. The topological polar surface area (TPSA) is 48.9 Å². The summed E-state index contributed by atoms with van der Waals surface area (Å²) in [7, 11) is 1.67. The largest absolute Gasteiger partial charge is 0.497 e. The van der Waals surface area contributed by atoms with Gasteiger partial charge in [-0.2, -0.15) is 0 Å². The van der Waals surface area contributed by atoms with Crippen molar-refractivity contribution >= 4 is 17.4 Å². The molecule has 0 spiro atoms. The second-order valence-electron chi connectivity index (χ2n) is 7.43. The third kappa shape index (κ3) is 4.06. The monoisotopic (exact) mass is 380 g/mol. The van der Waals surface area contributed by atoms with E-state index in [1.807, 2.05) is 29.2 Å². The molecule has 0 aliphatic carbocycles. The van der Waals surface area contributed by atoms with Crippen molar-refractivity contribution in [1.82, 2.24) is 9.88 Å². The molecule has 6 heteroatoms. The Hall–Kier alpha value is -2.76. The van der Waals surface area contributed by atoms with Gasteiger partial charge in [-0.15, -0.1) is 0 Å². The van der Waals surface area contributed by atoms with Gasteiger partial charge in [-0.05, 0) is 55.7 Å². The normalized spacial score (nSPS) is 17.5. The Labute approximate surface area is 166 Å². The summed E-state index contributed by atoms with van der Waals surface area (Å²) in [6, 6.07) is 12.0. The number of rotatable bonds is 4. The molecule has 0 N–H and O–H groups in total. The van der Waals surface area contributed by atoms with Crippen LogP contribution in [-0.4, -0.2) is 62.2 Å². The van der Waals surface area contributed by atoms with Gasteiger partial charge in [-0.25, -0.2) is 4.98 Å². The maximum absolute atomic E-state index is 12.9. The molecule has 1 aromatic carbocycles. The fourth-order valence-electron chi connectivity index (χ4n) is 3.97. The number of piperazine rings is 1. The van der Waals surface area contributed by atoms with E-state index < -0.39 is 0 Å². The number of amides is 1. The van der Waals surface area contributed by atoms with Crippen LogP contribution in [0.5, 0.6) is 5.75 Å². The van der Waals surface area contributed by atoms with E-state index in [0.29, 0.717) is 5.56 Å². The number of ether oxygens (including phenoxy) is 1. The van der Waals surface area contributed by atoms with Gasteiger partial charge in [0, 0.05) is 51.2 Å². The summed E-state index contributed by atoms with van der Waals surface area (Å²) in [6.07, 6.45) is 5.49. The van der Waals surface area contributed by atoms with Crippen LogP contribution in [0.2, 0.25) is 0 Å². The van der Waals surface area contributed by atoms with Crippen molar-refractivity contribution in [3.05, 3.63) is 48.2 Å². The number of aromatic nitrogens is 1. The Morgan fingerprint density at radius 3 is 2.18 bits per heavy atom. The van der Waals surface area contributed by atoms with Crippen LogP contribution in [0, 0.1) is 0 Å². The molecule has 28 heavy (non-hydrogen) atoms. The molecule has 1 amide bonds. The lowest BCUT2D eigenvalue weighted by atomic mass is 10.1. The zero-order chi connectivity index (χ0) is 19.3. The number of anilines is 2. The molecule has 1 aromatic heterocycles. The number of carbonyl (C=O) groups excluding carboxylic acids is 1. The van der Waals surface area contributed by atoms with Crippen LogP contribution in [0.15, 0.2) is 42.6 Å². The van der Waals surface area contributed by atoms with Gasteiger partial charge in [0.15, 0.2) is 0 Å². The Balaban J connectivity index is 1.34. The van der Waals surface area contributed by atoms with Gasteiger partial charge < -0.3 is 19.4 Å². The molecule has 2 fully saturated rings. The molecule has 2 aromatic rings. The quantitative estimate of drug-likeness (QED) is 0.816. The average Bonchev–Trinajstić information content (AvgIpc) is 2.79. The van der Waals surface area contributed by atoms with Crippen molar-refractivity contribution in [1.29, 1.82) is 0 Å². The minimum absolute atomic E-state index is 0.0760. The number of benzene rings is 1. The Bertz CT molecular complexity index is 777. The van der Waals surface area contributed by atoms with Gasteiger partial charge in [0.05, 0.1) is 12.7 Å². The first-order chi connectivity index (χ1) is 13.7. The number of pyridine rings is 1. The predicted molar refractivity (Wildman–Crippen MR) is 111 cm³/mol. The fourth-order valence-corrected chi connectivity index (χ4v) is 3.97. The molecule has 2 saturated heterocycles. The van der Waals surface area contributed by atoms with Crippen LogP contribution < -0.4 is 14.5 Å². The van der Waals surface area contributed by atoms with E-state index in [0.717, 1.165) is 50.8 Å². The van der Waals surface area contributed by atoms with E-state index in [1.165, 1.54) is 24.9 Å². The van der Waals surface area contributed by atoms with Crippen LogP contribution in [0.1, 0.15) is 29.6 Å². The van der Waals surface area contributed by atoms with E-state index in [9.17, 15) is 4.79 Å². The number of carbonyl (C=O) groups is 1. The molecule has 2 aliphatic heterocycles. The predicted octanol–water partition coefficient (Wildman–Crippen LogP) is 3.04. The van der Waals surface area contributed by atoms with Crippen LogP contribution >= 0.6 is 0 Å². The molecular formula is C22H28N4O2. The van der Waals surface area contributed by atoms with E-state index in [1.54, 1.807) is 13.3 Å². The Morgan fingerprint density at radius 1 is 0.857 bits per heavy atom. The molecule has 2 aliphatic rings. The minimum Gasteiger partial charge on any atom is -0.497 e. The van der Waals surface area contributed by atoms with Crippen LogP contribution in [-0.2, 0) is 0 Å². The Morgan fingerprint density at radius 2 is 1.57 bits per heavy atom. The molecule has 0 bridgehead atoms. The Kier molecular flexibility index (Phi) is 5.65. The molecule has 0 saturated carbocycles. The highest BCUT2D eigenvalue weighted by Crippen LogP contribution is 2.22. The standard InChI is InChI=1S/C22H28N4O2/c1-28-20-8-6-19(7-9-20)24-13-15-26(16-14-24)22(27)18-5-10-21(23-17-18)25-11-3-2-4-12-25/h5-10,17H,2-4,11-16H2,1H3. The first-order valence-corrected chi connectivity index (χ1v) is 10.1. The summed E-state index contributed by atoms with van der Waals surface area (Å²) in [5, 5.41) is 0. The summed E-state index contributed by atoms with van der Waals surface area (Å²) in [4.78, 5) is 24.0.